The van der Waals surface area contributed by atoms with Crippen molar-refractivity contribution in [1.29, 1.82) is 0 Å². The van der Waals surface area contributed by atoms with Gasteiger partial charge in [0.1, 0.15) is 11.5 Å². The van der Waals surface area contributed by atoms with E-state index in [-0.39, 0.29) is 16.7 Å². The Morgan fingerprint density at radius 3 is 2.95 bits per heavy atom. The summed E-state index contributed by atoms with van der Waals surface area (Å²) >= 11 is 5.67. The Morgan fingerprint density at radius 1 is 1.45 bits per heavy atom. The number of aromatic nitrogens is 2. The maximum Gasteiger partial charge on any atom is 0.267 e. The summed E-state index contributed by atoms with van der Waals surface area (Å²) in [6, 6.07) is 5.83. The first-order valence-electron chi connectivity index (χ1n) is 5.71. The first-order valence-corrected chi connectivity index (χ1v) is 6.09. The molecule has 0 aliphatic heterocycles. The second-order valence-electron chi connectivity index (χ2n) is 3.89. The van der Waals surface area contributed by atoms with Crippen LogP contribution in [-0.4, -0.2) is 22.4 Å². The van der Waals surface area contributed by atoms with Gasteiger partial charge in [-0.3, -0.25) is 4.79 Å². The van der Waals surface area contributed by atoms with Gasteiger partial charge in [0.25, 0.3) is 5.91 Å². The quantitative estimate of drug-likeness (QED) is 0.884. The highest BCUT2D eigenvalue weighted by Crippen LogP contribution is 2.17. The van der Waals surface area contributed by atoms with E-state index in [0.29, 0.717) is 6.54 Å². The molecule has 0 saturated heterocycles. The smallest absolute Gasteiger partial charge is 0.267 e. The topological polar surface area (TPSA) is 80.9 Å². The Labute approximate surface area is 120 Å². The van der Waals surface area contributed by atoms with Crippen LogP contribution in [0.15, 0.2) is 30.5 Å². The van der Waals surface area contributed by atoms with Crippen molar-refractivity contribution in [3.63, 3.8) is 0 Å². The SMILES string of the molecule is NC(=O)c1ccnc(NC[CH]c2ccc(F)c(Cl)c2)n1. The van der Waals surface area contributed by atoms with Crippen molar-refractivity contribution in [2.24, 2.45) is 5.73 Å². The average molecular weight is 294 g/mol. The van der Waals surface area contributed by atoms with E-state index < -0.39 is 11.7 Å². The number of nitrogens with two attached hydrogens (primary N) is 1. The van der Waals surface area contributed by atoms with Crippen LogP contribution in [0.3, 0.4) is 0 Å². The molecule has 1 amide bonds. The molecule has 7 heteroatoms. The summed E-state index contributed by atoms with van der Waals surface area (Å²) in [6.07, 6.45) is 3.22. The second-order valence-corrected chi connectivity index (χ2v) is 4.30. The van der Waals surface area contributed by atoms with Gasteiger partial charge in [0.05, 0.1) is 5.02 Å². The number of hydrogen-bond donors (Lipinski definition) is 2. The molecule has 1 aromatic heterocycles. The van der Waals surface area contributed by atoms with Gasteiger partial charge < -0.3 is 11.1 Å². The number of benzene rings is 1. The summed E-state index contributed by atoms with van der Waals surface area (Å²) in [4.78, 5) is 18.8. The van der Waals surface area contributed by atoms with E-state index in [1.54, 1.807) is 12.5 Å². The fraction of sp³-hybridized carbons (Fsp3) is 0.0769. The van der Waals surface area contributed by atoms with E-state index >= 15 is 0 Å². The molecule has 2 rings (SSSR count). The van der Waals surface area contributed by atoms with E-state index in [1.165, 1.54) is 24.4 Å². The van der Waals surface area contributed by atoms with Gasteiger partial charge in [0.2, 0.25) is 5.95 Å². The lowest BCUT2D eigenvalue weighted by Gasteiger charge is -2.05. The van der Waals surface area contributed by atoms with Crippen molar-refractivity contribution in [3.05, 3.63) is 59.0 Å². The molecule has 0 fully saturated rings. The minimum atomic E-state index is -0.621. The van der Waals surface area contributed by atoms with Crippen molar-refractivity contribution in [2.45, 2.75) is 0 Å². The van der Waals surface area contributed by atoms with Crippen molar-refractivity contribution in [3.8, 4) is 0 Å². The third-order valence-electron chi connectivity index (χ3n) is 2.45. The van der Waals surface area contributed by atoms with Crippen LogP contribution in [0.5, 0.6) is 0 Å². The third kappa shape index (κ3) is 3.64. The Hall–Kier alpha value is -2.21. The number of carbonyl (C=O) groups is 1. The Morgan fingerprint density at radius 2 is 2.25 bits per heavy atom. The maximum absolute atomic E-state index is 13.0. The van der Waals surface area contributed by atoms with Crippen LogP contribution >= 0.6 is 11.6 Å². The zero-order valence-corrected chi connectivity index (χ0v) is 11.1. The number of amides is 1. The van der Waals surface area contributed by atoms with Gasteiger partial charge in [-0.2, -0.15) is 0 Å². The van der Waals surface area contributed by atoms with Crippen molar-refractivity contribution in [2.75, 3.05) is 11.9 Å². The number of nitrogens with one attached hydrogen (secondary N) is 1. The van der Waals surface area contributed by atoms with Crippen LogP contribution in [0.25, 0.3) is 0 Å². The molecule has 0 spiro atoms. The molecule has 20 heavy (non-hydrogen) atoms. The van der Waals surface area contributed by atoms with Gasteiger partial charge >= 0.3 is 0 Å². The van der Waals surface area contributed by atoms with Crippen LogP contribution in [-0.2, 0) is 0 Å². The lowest BCUT2D eigenvalue weighted by molar-refractivity contribution is 0.0995. The average Bonchev–Trinajstić information content (AvgIpc) is 2.43. The van der Waals surface area contributed by atoms with Gasteiger partial charge in [0, 0.05) is 19.2 Å². The van der Waals surface area contributed by atoms with E-state index in [4.69, 9.17) is 17.3 Å². The molecule has 2 aromatic rings. The Kier molecular flexibility index (Phi) is 4.47. The standard InChI is InChI=1S/C13H11ClFN4O/c14-9-7-8(1-2-10(9)15)3-5-17-13-18-6-4-11(19-13)12(16)20/h1-4,6-7H,5H2,(H2,16,20)(H,17,18,19). The van der Waals surface area contributed by atoms with E-state index in [9.17, 15) is 9.18 Å². The van der Waals surface area contributed by atoms with Crippen LogP contribution in [0.1, 0.15) is 16.1 Å². The third-order valence-corrected chi connectivity index (χ3v) is 2.74. The van der Waals surface area contributed by atoms with Crippen LogP contribution < -0.4 is 11.1 Å². The first kappa shape index (κ1) is 14.2. The number of nitrogens with zero attached hydrogens (tertiary/aromatic N) is 2. The molecule has 0 aliphatic rings. The lowest BCUT2D eigenvalue weighted by atomic mass is 10.1. The number of hydrogen-bond acceptors (Lipinski definition) is 4. The highest BCUT2D eigenvalue weighted by atomic mass is 35.5. The molecule has 0 aliphatic carbocycles. The molecule has 1 aromatic carbocycles. The molecule has 0 saturated carbocycles. The second kappa shape index (κ2) is 6.29. The number of anilines is 1. The molecular weight excluding hydrogens is 283 g/mol. The van der Waals surface area contributed by atoms with E-state index in [1.807, 2.05) is 0 Å². The lowest BCUT2D eigenvalue weighted by Crippen LogP contribution is -2.15. The molecule has 0 atom stereocenters. The van der Waals surface area contributed by atoms with E-state index in [2.05, 4.69) is 15.3 Å². The highest BCUT2D eigenvalue weighted by molar-refractivity contribution is 6.30. The maximum atomic E-state index is 13.0. The summed E-state index contributed by atoms with van der Waals surface area (Å²) in [5.74, 6) is -0.801. The fourth-order valence-corrected chi connectivity index (χ4v) is 1.67. The van der Waals surface area contributed by atoms with E-state index in [0.717, 1.165) is 5.56 Å². The van der Waals surface area contributed by atoms with Gasteiger partial charge in [0.15, 0.2) is 0 Å². The van der Waals surface area contributed by atoms with Crippen molar-refractivity contribution in [1.82, 2.24) is 9.97 Å². The largest absolute Gasteiger partial charge is 0.364 e. The predicted molar refractivity (Wildman–Crippen MR) is 73.9 cm³/mol. The Bertz CT molecular complexity index is 636. The molecule has 103 valence electrons. The minimum Gasteiger partial charge on any atom is -0.364 e. The molecule has 1 heterocycles. The van der Waals surface area contributed by atoms with Crippen molar-refractivity contribution < 1.29 is 9.18 Å². The molecule has 1 radical (unpaired) electrons. The molecule has 0 unspecified atom stereocenters. The monoisotopic (exact) mass is 293 g/mol. The fourth-order valence-electron chi connectivity index (χ4n) is 1.48. The highest BCUT2D eigenvalue weighted by Gasteiger charge is 2.05. The number of halogens is 2. The first-order chi connectivity index (χ1) is 9.56. The van der Waals surface area contributed by atoms with Crippen molar-refractivity contribution >= 4 is 23.5 Å². The van der Waals surface area contributed by atoms with Crippen LogP contribution in [0.4, 0.5) is 10.3 Å². The van der Waals surface area contributed by atoms with Gasteiger partial charge in [-0.15, -0.1) is 0 Å². The summed E-state index contributed by atoms with van der Waals surface area (Å²) < 4.78 is 13.0. The van der Waals surface area contributed by atoms with Crippen LogP contribution in [0, 0.1) is 12.2 Å². The zero-order chi connectivity index (χ0) is 14.5. The molecular formula is C13H11ClFN4O. The summed E-state index contributed by atoms with van der Waals surface area (Å²) in [7, 11) is 0. The molecule has 5 nitrogen and oxygen atoms in total. The van der Waals surface area contributed by atoms with Gasteiger partial charge in [-0.25, -0.2) is 14.4 Å². The summed E-state index contributed by atoms with van der Waals surface area (Å²) in [5.41, 5.74) is 6.01. The molecule has 0 bridgehead atoms. The van der Waals surface area contributed by atoms with Gasteiger partial charge in [-0.1, -0.05) is 17.7 Å². The summed E-state index contributed by atoms with van der Waals surface area (Å²) in [5, 5.41) is 2.96. The van der Waals surface area contributed by atoms with Gasteiger partial charge in [-0.05, 0) is 23.8 Å². The number of carbonyl (C=O) groups excluding carboxylic acids is 1. The number of rotatable bonds is 5. The summed E-state index contributed by atoms with van der Waals surface area (Å²) in [6.45, 7) is 0.393. The van der Waals surface area contributed by atoms with Crippen LogP contribution in [0.2, 0.25) is 5.02 Å². The zero-order valence-electron chi connectivity index (χ0n) is 10.3. The normalized spacial score (nSPS) is 10.3. The molecule has 3 N–H and O–H groups in total. The number of primary amides is 1. The minimum absolute atomic E-state index is 0.0609. The predicted octanol–water partition coefficient (Wildman–Crippen LogP) is 2.03. The Balaban J connectivity index is 1.94.